The van der Waals surface area contributed by atoms with Crippen LogP contribution in [0.1, 0.15) is 36.1 Å². The van der Waals surface area contributed by atoms with E-state index < -0.39 is 0 Å². The summed E-state index contributed by atoms with van der Waals surface area (Å²) in [6, 6.07) is 27.9. The normalized spacial score (nSPS) is 11.0. The van der Waals surface area contributed by atoms with Crippen molar-refractivity contribution in [3.63, 3.8) is 0 Å². The van der Waals surface area contributed by atoms with Gasteiger partial charge in [0.25, 0.3) is 0 Å². The molecule has 6 nitrogen and oxygen atoms in total. The monoisotopic (exact) mass is 512 g/mol. The van der Waals surface area contributed by atoms with Gasteiger partial charge in [-0.25, -0.2) is 0 Å². The number of hydrogen-bond acceptors (Lipinski definition) is 6. The first-order chi connectivity index (χ1) is 18.9. The maximum Gasteiger partial charge on any atom is 0.136 e. The van der Waals surface area contributed by atoms with Gasteiger partial charge in [0.05, 0.1) is 28.3 Å². The Hall–Kier alpha value is -4.89. The van der Waals surface area contributed by atoms with E-state index in [1.807, 2.05) is 63.2 Å². The summed E-state index contributed by atoms with van der Waals surface area (Å²) < 4.78 is 0. The number of pyridine rings is 1. The Morgan fingerprint density at radius 2 is 1.46 bits per heavy atom. The number of nitrogens with two attached hydrogens (primary N) is 1. The quantitative estimate of drug-likeness (QED) is 0.187. The van der Waals surface area contributed by atoms with Crippen molar-refractivity contribution in [3.8, 4) is 11.1 Å². The van der Waals surface area contributed by atoms with Crippen LogP contribution in [0.25, 0.3) is 22.0 Å². The molecule has 4 aromatic carbocycles. The highest BCUT2D eigenvalue weighted by molar-refractivity contribution is 5.97. The van der Waals surface area contributed by atoms with E-state index in [9.17, 15) is 0 Å². The maximum absolute atomic E-state index is 6.03. The zero-order chi connectivity index (χ0) is 27.9. The molecule has 0 fully saturated rings. The molecule has 0 saturated carbocycles. The lowest BCUT2D eigenvalue weighted by atomic mass is 9.96. The van der Waals surface area contributed by atoms with Crippen LogP contribution in [-0.4, -0.2) is 4.98 Å². The van der Waals surface area contributed by atoms with E-state index in [1.165, 1.54) is 11.1 Å². The summed E-state index contributed by atoms with van der Waals surface area (Å²) >= 11 is 0. The third-order valence-corrected chi connectivity index (χ3v) is 6.21. The number of aryl methyl sites for hydroxylation is 4. The molecule has 0 unspecified atom stereocenters. The van der Waals surface area contributed by atoms with Crippen LogP contribution >= 0.6 is 0 Å². The zero-order valence-electron chi connectivity index (χ0n) is 23.2. The van der Waals surface area contributed by atoms with Crippen LogP contribution in [0, 0.1) is 39.8 Å². The van der Waals surface area contributed by atoms with Crippen molar-refractivity contribution in [2.45, 2.75) is 41.5 Å². The Balaban J connectivity index is 0.00000172. The van der Waals surface area contributed by atoms with Crippen LogP contribution in [0.4, 0.5) is 28.4 Å². The van der Waals surface area contributed by atoms with Crippen LogP contribution < -0.4 is 5.73 Å². The summed E-state index contributed by atoms with van der Waals surface area (Å²) in [5, 5.41) is 18.5. The summed E-state index contributed by atoms with van der Waals surface area (Å²) in [5.74, 6) is 0. The first-order valence-corrected chi connectivity index (χ1v) is 13.0. The minimum absolute atomic E-state index is 0.616. The molecule has 0 saturated heterocycles. The minimum atomic E-state index is 0.616. The smallest absolute Gasteiger partial charge is 0.136 e. The van der Waals surface area contributed by atoms with Gasteiger partial charge in [-0.1, -0.05) is 43.7 Å². The number of fused-ring (bicyclic) bond motifs is 1. The third-order valence-electron chi connectivity index (χ3n) is 6.21. The molecule has 0 aliphatic carbocycles. The summed E-state index contributed by atoms with van der Waals surface area (Å²) in [5.41, 5.74) is 16.9. The predicted octanol–water partition coefficient (Wildman–Crippen LogP) is 10.2. The molecule has 1 aromatic heterocycles. The van der Waals surface area contributed by atoms with Gasteiger partial charge in [-0.2, -0.15) is 5.11 Å². The molecule has 0 amide bonds. The molecule has 0 spiro atoms. The first-order valence-electron chi connectivity index (χ1n) is 13.0. The lowest BCUT2D eigenvalue weighted by molar-refractivity contribution is 1.19. The number of benzene rings is 3. The fourth-order valence-corrected chi connectivity index (χ4v) is 4.27. The second kappa shape index (κ2) is 12.1. The molecule has 5 rings (SSSR count). The summed E-state index contributed by atoms with van der Waals surface area (Å²) in [6.07, 6.45) is 1.71. The maximum atomic E-state index is 6.03. The highest BCUT2D eigenvalue weighted by Crippen LogP contribution is 2.32. The number of azo groups is 2. The fraction of sp³-hybridized carbons (Fsp3) is 0.182. The number of aromatic nitrogens is 1. The van der Waals surface area contributed by atoms with Gasteiger partial charge in [0.15, 0.2) is 0 Å². The summed E-state index contributed by atoms with van der Waals surface area (Å²) in [4.78, 5) is 4.35. The van der Waals surface area contributed by atoms with Crippen molar-refractivity contribution in [1.29, 1.82) is 0 Å². The number of rotatable bonds is 5. The molecule has 0 aliphatic rings. The van der Waals surface area contributed by atoms with Crippen molar-refractivity contribution in [1.82, 2.24) is 4.98 Å². The van der Waals surface area contributed by atoms with Gasteiger partial charge < -0.3 is 5.73 Å². The lowest BCUT2D eigenvalue weighted by Gasteiger charge is -2.08. The minimum Gasteiger partial charge on any atom is -0.397 e. The number of anilines is 1. The van der Waals surface area contributed by atoms with Crippen LogP contribution in [-0.2, 0) is 0 Å². The average molecular weight is 513 g/mol. The highest BCUT2D eigenvalue weighted by atomic mass is 15.1. The van der Waals surface area contributed by atoms with Crippen molar-refractivity contribution in [2.75, 3.05) is 5.73 Å². The molecular weight excluding hydrogens is 480 g/mol. The Labute approximate surface area is 230 Å². The first kappa shape index (κ1) is 27.2. The van der Waals surface area contributed by atoms with Crippen molar-refractivity contribution in [2.24, 2.45) is 20.5 Å². The highest BCUT2D eigenvalue weighted by Gasteiger charge is 2.07. The molecular formula is C33H32N6. The van der Waals surface area contributed by atoms with Crippen LogP contribution in [0.2, 0.25) is 0 Å². The van der Waals surface area contributed by atoms with Crippen molar-refractivity contribution in [3.05, 3.63) is 107 Å². The van der Waals surface area contributed by atoms with Crippen molar-refractivity contribution >= 4 is 39.3 Å². The van der Waals surface area contributed by atoms with Gasteiger partial charge in [-0.3, -0.25) is 4.98 Å². The lowest BCUT2D eigenvalue weighted by Crippen LogP contribution is -1.88. The van der Waals surface area contributed by atoms with Crippen LogP contribution in [0.3, 0.4) is 0 Å². The Kier molecular flexibility index (Phi) is 8.43. The molecule has 194 valence electrons. The van der Waals surface area contributed by atoms with Gasteiger partial charge in [0.2, 0.25) is 0 Å². The van der Waals surface area contributed by atoms with Gasteiger partial charge in [-0.05, 0) is 105 Å². The molecule has 0 bridgehead atoms. The molecule has 0 aliphatic heterocycles. The van der Waals surface area contributed by atoms with Crippen molar-refractivity contribution < 1.29 is 0 Å². The van der Waals surface area contributed by atoms with E-state index in [0.717, 1.165) is 44.5 Å². The zero-order valence-corrected chi connectivity index (χ0v) is 23.2. The largest absolute Gasteiger partial charge is 0.397 e. The number of nitrogens with zero attached hydrogens (tertiary/aromatic N) is 5. The van der Waals surface area contributed by atoms with E-state index in [-0.39, 0.29) is 0 Å². The van der Waals surface area contributed by atoms with E-state index in [4.69, 9.17) is 5.73 Å². The van der Waals surface area contributed by atoms with E-state index in [1.54, 1.807) is 12.3 Å². The molecule has 0 atom stereocenters. The standard InChI is InChI=1S/C31H26N6.C2H6/c1-19-7-10-25(20(2)16-19)26-11-8-23(17-21(26)3)34-36-29-13-9-24(18-22(29)4)35-37-30-14-12-28(32)31-27(30)6-5-15-33-31;1-2/h5-7,9-10,12-18H,32H2,1-4H3;1-2H3. The topological polar surface area (TPSA) is 88.3 Å². The molecule has 0 radical (unpaired) electrons. The molecule has 1 heterocycles. The summed E-state index contributed by atoms with van der Waals surface area (Å²) in [6.45, 7) is 12.2. The summed E-state index contributed by atoms with van der Waals surface area (Å²) in [7, 11) is 0. The third kappa shape index (κ3) is 6.16. The molecule has 39 heavy (non-hydrogen) atoms. The van der Waals surface area contributed by atoms with Gasteiger partial charge >= 0.3 is 0 Å². The van der Waals surface area contributed by atoms with Gasteiger partial charge in [-0.15, -0.1) is 15.3 Å². The average Bonchev–Trinajstić information content (AvgIpc) is 2.94. The van der Waals surface area contributed by atoms with Crippen LogP contribution in [0.15, 0.2) is 93.4 Å². The SMILES string of the molecule is CC.Cc1ccc(-c2c#cc(N=Nc3ccc(N=Nc4ccc(N)c5ncccc45)cc3C)cc2C)c(C)c1. The van der Waals surface area contributed by atoms with E-state index in [0.29, 0.717) is 17.1 Å². The van der Waals surface area contributed by atoms with E-state index >= 15 is 0 Å². The second-order valence-corrected chi connectivity index (χ2v) is 9.10. The van der Waals surface area contributed by atoms with Crippen LogP contribution in [0.5, 0.6) is 0 Å². The Bertz CT molecular complexity index is 1680. The van der Waals surface area contributed by atoms with E-state index in [2.05, 4.69) is 76.5 Å². The second-order valence-electron chi connectivity index (χ2n) is 9.10. The molecule has 5 aromatic rings. The van der Waals surface area contributed by atoms with Gasteiger partial charge in [0, 0.05) is 17.1 Å². The molecule has 6 heteroatoms. The fourth-order valence-electron chi connectivity index (χ4n) is 4.27. The molecule has 2 N–H and O–H groups in total. The number of nitrogen functional groups attached to an aromatic ring is 1. The Morgan fingerprint density at radius 1 is 0.692 bits per heavy atom. The predicted molar refractivity (Wildman–Crippen MR) is 161 cm³/mol. The Morgan fingerprint density at radius 3 is 2.21 bits per heavy atom. The van der Waals surface area contributed by atoms with Gasteiger partial charge in [0.1, 0.15) is 5.69 Å². The number of hydrogen-bond donors (Lipinski definition) is 1.